The zero-order valence-corrected chi connectivity index (χ0v) is 7.79. The van der Waals surface area contributed by atoms with Gasteiger partial charge in [-0.15, -0.1) is 0 Å². The Labute approximate surface area is 79.2 Å². The van der Waals surface area contributed by atoms with Crippen molar-refractivity contribution in [1.29, 1.82) is 0 Å². The van der Waals surface area contributed by atoms with E-state index in [0.29, 0.717) is 6.04 Å². The first-order valence-electron chi connectivity index (χ1n) is 5.24. The molecule has 0 aromatic heterocycles. The molecule has 0 amide bonds. The summed E-state index contributed by atoms with van der Waals surface area (Å²) in [6.07, 6.45) is 4.04. The summed E-state index contributed by atoms with van der Waals surface area (Å²) in [5, 5.41) is 3.61. The van der Waals surface area contributed by atoms with Gasteiger partial charge in [-0.25, -0.2) is 0 Å². The average Bonchev–Trinajstić information content (AvgIpc) is 2.18. The van der Waals surface area contributed by atoms with Crippen LogP contribution in [0, 0.1) is 5.92 Å². The molecule has 1 heterocycles. The summed E-state index contributed by atoms with van der Waals surface area (Å²) in [5.74, 6) is 0.946. The van der Waals surface area contributed by atoms with E-state index in [1.165, 1.54) is 25.8 Å². The molecule has 1 heteroatoms. The van der Waals surface area contributed by atoms with Gasteiger partial charge in [0, 0.05) is 6.04 Å². The summed E-state index contributed by atoms with van der Waals surface area (Å²) in [4.78, 5) is 0. The van der Waals surface area contributed by atoms with Gasteiger partial charge in [0.05, 0.1) is 0 Å². The van der Waals surface area contributed by atoms with Crippen molar-refractivity contribution in [3.8, 4) is 0 Å². The van der Waals surface area contributed by atoms with Gasteiger partial charge in [-0.05, 0) is 42.9 Å². The molecular weight excluding hydrogens is 158 g/mol. The maximum Gasteiger partial charge on any atom is 0.0325 e. The Morgan fingerprint density at radius 1 is 1.23 bits per heavy atom. The molecule has 2 atom stereocenters. The lowest BCUT2D eigenvalue weighted by atomic mass is 9.77. The van der Waals surface area contributed by atoms with Crippen LogP contribution < -0.4 is 5.32 Å². The summed E-state index contributed by atoms with van der Waals surface area (Å²) in [6, 6.07) is 9.56. The minimum absolute atomic E-state index is 0.656. The maximum absolute atomic E-state index is 3.61. The number of fused-ring (bicyclic) bond motifs is 4. The fraction of sp³-hybridized carbons (Fsp3) is 0.500. The molecule has 1 fully saturated rings. The van der Waals surface area contributed by atoms with E-state index < -0.39 is 0 Å². The molecule has 2 unspecified atom stereocenters. The monoisotopic (exact) mass is 173 g/mol. The molecule has 2 aliphatic rings. The first-order valence-corrected chi connectivity index (χ1v) is 5.24. The van der Waals surface area contributed by atoms with Crippen LogP contribution in [0.5, 0.6) is 0 Å². The molecule has 13 heavy (non-hydrogen) atoms. The summed E-state index contributed by atoms with van der Waals surface area (Å²) in [6.45, 7) is 1.21. The highest BCUT2D eigenvalue weighted by Gasteiger charge is 2.29. The van der Waals surface area contributed by atoms with Crippen molar-refractivity contribution < 1.29 is 0 Å². The predicted octanol–water partition coefficient (Wildman–Crippen LogP) is 2.28. The number of rotatable bonds is 0. The minimum Gasteiger partial charge on any atom is -0.310 e. The quantitative estimate of drug-likeness (QED) is 0.634. The van der Waals surface area contributed by atoms with Crippen LogP contribution in [0.1, 0.15) is 30.0 Å². The van der Waals surface area contributed by atoms with Gasteiger partial charge in [-0.3, -0.25) is 0 Å². The Kier molecular flexibility index (Phi) is 1.66. The van der Waals surface area contributed by atoms with Crippen LogP contribution in [0.25, 0.3) is 0 Å². The smallest absolute Gasteiger partial charge is 0.0325 e. The highest BCUT2D eigenvalue weighted by atomic mass is 14.9. The molecule has 2 bridgehead atoms. The van der Waals surface area contributed by atoms with Crippen LogP contribution in [-0.2, 0) is 6.42 Å². The topological polar surface area (TPSA) is 12.0 Å². The SMILES string of the molecule is c1ccc2c(c1)CC1CCNC2C1. The molecule has 68 valence electrons. The normalized spacial score (nSPS) is 31.1. The van der Waals surface area contributed by atoms with Crippen LogP contribution >= 0.6 is 0 Å². The Morgan fingerprint density at radius 3 is 3.15 bits per heavy atom. The largest absolute Gasteiger partial charge is 0.310 e. The summed E-state index contributed by atoms with van der Waals surface area (Å²) in [5.41, 5.74) is 3.13. The van der Waals surface area contributed by atoms with Gasteiger partial charge in [0.1, 0.15) is 0 Å². The van der Waals surface area contributed by atoms with Gasteiger partial charge in [-0.1, -0.05) is 24.3 Å². The van der Waals surface area contributed by atoms with E-state index in [2.05, 4.69) is 29.6 Å². The predicted molar refractivity (Wildman–Crippen MR) is 53.6 cm³/mol. The lowest BCUT2D eigenvalue weighted by Crippen LogP contribution is -2.36. The van der Waals surface area contributed by atoms with Gasteiger partial charge >= 0.3 is 0 Å². The number of piperidine rings is 1. The van der Waals surface area contributed by atoms with Gasteiger partial charge < -0.3 is 5.32 Å². The zero-order valence-electron chi connectivity index (χ0n) is 7.79. The van der Waals surface area contributed by atoms with Crippen LogP contribution in [0.2, 0.25) is 0 Å². The van der Waals surface area contributed by atoms with E-state index in [4.69, 9.17) is 0 Å². The fourth-order valence-corrected chi connectivity index (χ4v) is 2.79. The number of hydrogen-bond donors (Lipinski definition) is 1. The van der Waals surface area contributed by atoms with Crippen molar-refractivity contribution in [2.24, 2.45) is 5.92 Å². The molecule has 0 spiro atoms. The number of hydrogen-bond acceptors (Lipinski definition) is 1. The fourth-order valence-electron chi connectivity index (χ4n) is 2.79. The molecule has 0 saturated carbocycles. The second-order valence-corrected chi connectivity index (χ2v) is 4.30. The molecule has 1 aliphatic heterocycles. The Balaban J connectivity index is 2.06. The van der Waals surface area contributed by atoms with Crippen molar-refractivity contribution >= 4 is 0 Å². The van der Waals surface area contributed by atoms with Gasteiger partial charge in [0.25, 0.3) is 0 Å². The first kappa shape index (κ1) is 7.57. The molecule has 1 nitrogen and oxygen atoms in total. The third kappa shape index (κ3) is 1.19. The zero-order chi connectivity index (χ0) is 8.67. The van der Waals surface area contributed by atoms with Crippen molar-refractivity contribution in [2.75, 3.05) is 6.54 Å². The second kappa shape index (κ2) is 2.85. The highest BCUT2D eigenvalue weighted by molar-refractivity contribution is 5.33. The van der Waals surface area contributed by atoms with Gasteiger partial charge in [0.15, 0.2) is 0 Å². The van der Waals surface area contributed by atoms with Gasteiger partial charge in [-0.2, -0.15) is 0 Å². The van der Waals surface area contributed by atoms with E-state index >= 15 is 0 Å². The lowest BCUT2D eigenvalue weighted by molar-refractivity contribution is 0.283. The minimum atomic E-state index is 0.656. The molecule has 3 rings (SSSR count). The van der Waals surface area contributed by atoms with Crippen LogP contribution in [0.4, 0.5) is 0 Å². The lowest BCUT2D eigenvalue weighted by Gasteiger charge is -2.36. The van der Waals surface area contributed by atoms with Crippen LogP contribution in [0.3, 0.4) is 0 Å². The Hall–Kier alpha value is -0.820. The second-order valence-electron chi connectivity index (χ2n) is 4.30. The van der Waals surface area contributed by atoms with Gasteiger partial charge in [0.2, 0.25) is 0 Å². The summed E-state index contributed by atoms with van der Waals surface area (Å²) < 4.78 is 0. The molecule has 1 aromatic carbocycles. The summed E-state index contributed by atoms with van der Waals surface area (Å²) >= 11 is 0. The molecule has 1 N–H and O–H groups in total. The third-order valence-electron chi connectivity index (χ3n) is 3.45. The van der Waals surface area contributed by atoms with E-state index in [1.54, 1.807) is 11.1 Å². The van der Waals surface area contributed by atoms with Crippen molar-refractivity contribution in [3.63, 3.8) is 0 Å². The Bertz CT molecular complexity index is 319. The molecule has 1 saturated heterocycles. The van der Waals surface area contributed by atoms with Crippen molar-refractivity contribution in [2.45, 2.75) is 25.3 Å². The van der Waals surface area contributed by atoms with Crippen molar-refractivity contribution in [3.05, 3.63) is 35.4 Å². The number of nitrogens with one attached hydrogen (secondary N) is 1. The van der Waals surface area contributed by atoms with E-state index in [0.717, 1.165) is 5.92 Å². The number of benzene rings is 1. The standard InChI is InChI=1S/C12H15N/c1-2-4-11-10(3-1)7-9-5-6-13-12(11)8-9/h1-4,9,12-13H,5-8H2. The maximum atomic E-state index is 3.61. The van der Waals surface area contributed by atoms with E-state index in [1.807, 2.05) is 0 Å². The highest BCUT2D eigenvalue weighted by Crippen LogP contribution is 2.36. The third-order valence-corrected chi connectivity index (χ3v) is 3.45. The molecular formula is C12H15N. The van der Waals surface area contributed by atoms with Crippen LogP contribution in [-0.4, -0.2) is 6.54 Å². The average molecular weight is 173 g/mol. The van der Waals surface area contributed by atoms with Crippen molar-refractivity contribution in [1.82, 2.24) is 5.32 Å². The first-order chi connectivity index (χ1) is 6.43. The molecule has 1 aliphatic carbocycles. The summed E-state index contributed by atoms with van der Waals surface area (Å²) in [7, 11) is 0. The van der Waals surface area contributed by atoms with E-state index in [9.17, 15) is 0 Å². The molecule has 1 aromatic rings. The molecule has 0 radical (unpaired) electrons. The van der Waals surface area contributed by atoms with E-state index in [-0.39, 0.29) is 0 Å². The van der Waals surface area contributed by atoms with Crippen LogP contribution in [0.15, 0.2) is 24.3 Å². The Morgan fingerprint density at radius 2 is 2.15 bits per heavy atom.